The molecule has 1 N–H and O–H groups in total. The Hall–Kier alpha value is -0.980. The first-order chi connectivity index (χ1) is 9.75. The van der Waals surface area contributed by atoms with Crippen molar-refractivity contribution in [3.8, 4) is 0 Å². The molecule has 0 saturated carbocycles. The lowest BCUT2D eigenvalue weighted by Crippen LogP contribution is -2.13. The molecule has 2 rings (SSSR count). The van der Waals surface area contributed by atoms with E-state index in [4.69, 9.17) is 11.6 Å². The molecular weight excluding hydrogens is 326 g/mol. The minimum Gasteiger partial charge on any atom is -0.330 e. The van der Waals surface area contributed by atoms with Gasteiger partial charge in [0, 0.05) is 50.5 Å². The van der Waals surface area contributed by atoms with E-state index < -0.39 is 10.8 Å². The highest BCUT2D eigenvalue weighted by atomic mass is 35.5. The van der Waals surface area contributed by atoms with Crippen LogP contribution in [0.5, 0.6) is 0 Å². The van der Waals surface area contributed by atoms with Crippen LogP contribution in [0.25, 0.3) is 0 Å². The summed E-state index contributed by atoms with van der Waals surface area (Å²) in [4.78, 5) is 4.49. The molecule has 0 aliphatic heterocycles. The number of halogens is 1. The van der Waals surface area contributed by atoms with Crippen molar-refractivity contribution in [1.29, 1.82) is 0 Å². The van der Waals surface area contributed by atoms with Gasteiger partial charge in [-0.2, -0.15) is 4.37 Å². The van der Waals surface area contributed by atoms with Crippen LogP contribution in [0.2, 0.25) is 5.02 Å². The van der Waals surface area contributed by atoms with E-state index in [0.29, 0.717) is 10.8 Å². The zero-order valence-corrected chi connectivity index (χ0v) is 14.8. The quantitative estimate of drug-likeness (QED) is 0.907. The van der Waals surface area contributed by atoms with Gasteiger partial charge < -0.3 is 5.32 Å². The number of hydrogen-bond acceptors (Lipinski definition) is 5. The molecular formula is C14H18ClN3OS2. The number of aromatic nitrogens is 2. The summed E-state index contributed by atoms with van der Waals surface area (Å²) >= 11 is 7.45. The molecule has 2 aromatic rings. The topological polar surface area (TPSA) is 54.9 Å². The van der Waals surface area contributed by atoms with Crippen LogP contribution in [0.3, 0.4) is 0 Å². The van der Waals surface area contributed by atoms with Crippen molar-refractivity contribution in [3.05, 3.63) is 34.6 Å². The summed E-state index contributed by atoms with van der Waals surface area (Å²) in [5.74, 6) is 1.26. The van der Waals surface area contributed by atoms with E-state index in [-0.39, 0.29) is 5.41 Å². The van der Waals surface area contributed by atoms with Gasteiger partial charge in [0.25, 0.3) is 0 Å². The molecule has 1 aromatic heterocycles. The van der Waals surface area contributed by atoms with Crippen molar-refractivity contribution in [1.82, 2.24) is 9.36 Å². The molecule has 4 nitrogen and oxygen atoms in total. The largest absolute Gasteiger partial charge is 0.330 e. The molecule has 0 amide bonds. The van der Waals surface area contributed by atoms with Crippen LogP contribution in [0, 0.1) is 0 Å². The first-order valence-corrected chi connectivity index (χ1v) is 9.33. The average molecular weight is 344 g/mol. The Kier molecular flexibility index (Phi) is 5.01. The van der Waals surface area contributed by atoms with Crippen LogP contribution < -0.4 is 5.32 Å². The summed E-state index contributed by atoms with van der Waals surface area (Å²) in [5, 5.41) is 4.59. The smallest absolute Gasteiger partial charge is 0.207 e. The van der Waals surface area contributed by atoms with E-state index in [1.165, 1.54) is 11.5 Å². The van der Waals surface area contributed by atoms with Crippen LogP contribution >= 0.6 is 23.1 Å². The first-order valence-electron chi connectivity index (χ1n) is 6.45. The first kappa shape index (κ1) is 16.4. The van der Waals surface area contributed by atoms with Crippen LogP contribution in [-0.4, -0.2) is 19.8 Å². The fourth-order valence-electron chi connectivity index (χ4n) is 1.68. The van der Waals surface area contributed by atoms with Gasteiger partial charge in [0.2, 0.25) is 5.13 Å². The van der Waals surface area contributed by atoms with Crippen molar-refractivity contribution in [2.45, 2.75) is 31.9 Å². The van der Waals surface area contributed by atoms with Crippen LogP contribution in [0.4, 0.5) is 10.8 Å². The van der Waals surface area contributed by atoms with E-state index in [9.17, 15) is 4.21 Å². The van der Waals surface area contributed by atoms with Gasteiger partial charge in [0.15, 0.2) is 0 Å². The standard InChI is InChI=1S/C14H18ClN3OS2/c1-14(2,3)12-17-13(20-18-12)16-10-5-6-11(15)9(7-10)8-21(4)19/h5-7H,8H2,1-4H3,(H,16,17,18). The fourth-order valence-corrected chi connectivity index (χ4v) is 3.40. The maximum Gasteiger partial charge on any atom is 0.207 e. The Balaban J connectivity index is 2.20. The summed E-state index contributed by atoms with van der Waals surface area (Å²) in [7, 11) is -0.927. The lowest BCUT2D eigenvalue weighted by Gasteiger charge is -2.12. The molecule has 1 unspecified atom stereocenters. The Labute approximate surface area is 136 Å². The van der Waals surface area contributed by atoms with Gasteiger partial charge in [-0.1, -0.05) is 32.4 Å². The Morgan fingerprint density at radius 2 is 2.10 bits per heavy atom. The van der Waals surface area contributed by atoms with Crippen molar-refractivity contribution in [2.75, 3.05) is 11.6 Å². The van der Waals surface area contributed by atoms with Gasteiger partial charge >= 0.3 is 0 Å². The SMILES string of the molecule is CS(=O)Cc1cc(Nc2nc(C(C)(C)C)ns2)ccc1Cl. The van der Waals surface area contributed by atoms with Crippen LogP contribution in [0.15, 0.2) is 18.2 Å². The Morgan fingerprint density at radius 3 is 2.67 bits per heavy atom. The number of hydrogen-bond donors (Lipinski definition) is 1. The maximum atomic E-state index is 11.4. The van der Waals surface area contributed by atoms with Crippen molar-refractivity contribution in [3.63, 3.8) is 0 Å². The van der Waals surface area contributed by atoms with Crippen molar-refractivity contribution >= 4 is 44.8 Å². The minimum atomic E-state index is -0.927. The van der Waals surface area contributed by atoms with E-state index in [1.807, 2.05) is 12.1 Å². The van der Waals surface area contributed by atoms with Gasteiger partial charge in [-0.3, -0.25) is 4.21 Å². The van der Waals surface area contributed by atoms with Gasteiger partial charge in [-0.05, 0) is 23.8 Å². The van der Waals surface area contributed by atoms with Crippen molar-refractivity contribution in [2.24, 2.45) is 0 Å². The summed E-state index contributed by atoms with van der Waals surface area (Å²) in [6.45, 7) is 6.24. The molecule has 0 spiro atoms. The molecule has 0 fully saturated rings. The normalized spacial score (nSPS) is 13.2. The predicted molar refractivity (Wildman–Crippen MR) is 91.1 cm³/mol. The van der Waals surface area contributed by atoms with Gasteiger partial charge in [0.05, 0.1) is 0 Å². The van der Waals surface area contributed by atoms with E-state index >= 15 is 0 Å². The summed E-state index contributed by atoms with van der Waals surface area (Å²) in [5.41, 5.74) is 1.67. The molecule has 0 aliphatic rings. The van der Waals surface area contributed by atoms with E-state index in [1.54, 1.807) is 12.3 Å². The lowest BCUT2D eigenvalue weighted by molar-refractivity contribution is 0.555. The van der Waals surface area contributed by atoms with E-state index in [0.717, 1.165) is 22.2 Å². The lowest BCUT2D eigenvalue weighted by atomic mass is 9.96. The molecule has 0 saturated heterocycles. The molecule has 1 aromatic carbocycles. The number of nitrogens with zero attached hydrogens (tertiary/aromatic N) is 2. The molecule has 0 aliphatic carbocycles. The highest BCUT2D eigenvalue weighted by Crippen LogP contribution is 2.27. The summed E-state index contributed by atoms with van der Waals surface area (Å²) in [6, 6.07) is 5.59. The molecule has 7 heteroatoms. The van der Waals surface area contributed by atoms with Gasteiger partial charge in [-0.15, -0.1) is 0 Å². The summed E-state index contributed by atoms with van der Waals surface area (Å²) < 4.78 is 15.7. The highest BCUT2D eigenvalue weighted by molar-refractivity contribution is 7.83. The molecule has 0 bridgehead atoms. The molecule has 21 heavy (non-hydrogen) atoms. The Morgan fingerprint density at radius 1 is 1.38 bits per heavy atom. The number of nitrogens with one attached hydrogen (secondary N) is 1. The zero-order valence-electron chi connectivity index (χ0n) is 12.4. The van der Waals surface area contributed by atoms with Gasteiger partial charge in [-0.25, -0.2) is 4.98 Å². The monoisotopic (exact) mass is 343 g/mol. The number of rotatable bonds is 4. The van der Waals surface area contributed by atoms with Crippen molar-refractivity contribution < 1.29 is 4.21 Å². The van der Waals surface area contributed by atoms with Crippen LogP contribution in [-0.2, 0) is 22.0 Å². The zero-order chi connectivity index (χ0) is 15.6. The maximum absolute atomic E-state index is 11.4. The molecule has 1 heterocycles. The second kappa shape index (κ2) is 6.42. The summed E-state index contributed by atoms with van der Waals surface area (Å²) in [6.07, 6.45) is 1.66. The minimum absolute atomic E-state index is 0.0688. The fraction of sp³-hybridized carbons (Fsp3) is 0.429. The Bertz CT molecular complexity index is 664. The highest BCUT2D eigenvalue weighted by Gasteiger charge is 2.19. The third-order valence-corrected chi connectivity index (χ3v) is 4.47. The third-order valence-electron chi connectivity index (χ3n) is 2.75. The predicted octanol–water partition coefficient (Wildman–Crippen LogP) is 4.11. The van der Waals surface area contributed by atoms with Gasteiger partial charge in [0.1, 0.15) is 5.82 Å². The van der Waals surface area contributed by atoms with E-state index in [2.05, 4.69) is 35.4 Å². The second-order valence-corrected chi connectivity index (χ2v) is 8.42. The third kappa shape index (κ3) is 4.49. The number of benzene rings is 1. The molecule has 114 valence electrons. The molecule has 0 radical (unpaired) electrons. The number of anilines is 2. The second-order valence-electron chi connectivity index (χ2n) is 5.82. The van der Waals surface area contributed by atoms with Crippen LogP contribution in [0.1, 0.15) is 32.2 Å². The average Bonchev–Trinajstić information content (AvgIpc) is 2.81. The molecule has 1 atom stereocenters.